The zero-order chi connectivity index (χ0) is 18.2. The van der Waals surface area contributed by atoms with E-state index in [1.807, 2.05) is 6.07 Å². The molecule has 0 bridgehead atoms. The SMILES string of the molecule is CCCCc1cc(Cl)cc(COCC2(c3ccccc3)CCNCC2)c1. The number of hydrogen-bond donors (Lipinski definition) is 1. The largest absolute Gasteiger partial charge is 0.376 e. The summed E-state index contributed by atoms with van der Waals surface area (Å²) in [6.45, 7) is 5.71. The molecule has 0 aromatic heterocycles. The number of unbranched alkanes of at least 4 members (excludes halogenated alkanes) is 1. The molecule has 0 radical (unpaired) electrons. The summed E-state index contributed by atoms with van der Waals surface area (Å²) in [6.07, 6.45) is 5.73. The number of ether oxygens (including phenoxy) is 1. The van der Waals surface area contributed by atoms with Crippen LogP contribution in [0.5, 0.6) is 0 Å². The van der Waals surface area contributed by atoms with Crippen molar-refractivity contribution in [3.8, 4) is 0 Å². The Balaban J connectivity index is 1.66. The molecule has 2 aromatic carbocycles. The second-order valence-corrected chi connectivity index (χ2v) is 7.90. The molecule has 1 N–H and O–H groups in total. The monoisotopic (exact) mass is 371 g/mol. The van der Waals surface area contributed by atoms with Crippen LogP contribution in [0.1, 0.15) is 49.3 Å². The van der Waals surface area contributed by atoms with E-state index < -0.39 is 0 Å². The number of halogens is 1. The van der Waals surface area contributed by atoms with E-state index in [1.165, 1.54) is 29.5 Å². The molecule has 3 heteroatoms. The van der Waals surface area contributed by atoms with Crippen LogP contribution >= 0.6 is 11.6 Å². The van der Waals surface area contributed by atoms with E-state index in [2.05, 4.69) is 54.7 Å². The predicted octanol–water partition coefficient (Wildman–Crippen LogP) is 5.52. The maximum absolute atomic E-state index is 6.32. The Morgan fingerprint density at radius 1 is 1.04 bits per heavy atom. The predicted molar refractivity (Wildman–Crippen MR) is 110 cm³/mol. The molecule has 0 unspecified atom stereocenters. The summed E-state index contributed by atoms with van der Waals surface area (Å²) < 4.78 is 6.25. The minimum atomic E-state index is 0.121. The van der Waals surface area contributed by atoms with Crippen LogP contribution in [0.4, 0.5) is 0 Å². The zero-order valence-corrected chi connectivity index (χ0v) is 16.5. The standard InChI is InChI=1S/C23H30ClNO/c1-2-3-7-19-14-20(16-22(24)15-19)17-26-18-23(10-12-25-13-11-23)21-8-5-4-6-9-21/h4-6,8-9,14-16,25H,2-3,7,10-13,17-18H2,1H3. The van der Waals surface area contributed by atoms with Gasteiger partial charge in [-0.05, 0) is 67.6 Å². The molecule has 2 nitrogen and oxygen atoms in total. The third-order valence-electron chi connectivity index (χ3n) is 5.43. The average molecular weight is 372 g/mol. The van der Waals surface area contributed by atoms with Crippen molar-refractivity contribution in [3.63, 3.8) is 0 Å². The first kappa shape index (κ1) is 19.4. The van der Waals surface area contributed by atoms with Crippen LogP contribution in [0.2, 0.25) is 5.02 Å². The van der Waals surface area contributed by atoms with Gasteiger partial charge in [0.05, 0.1) is 13.2 Å². The number of nitrogens with one attached hydrogen (secondary N) is 1. The summed E-state index contributed by atoms with van der Waals surface area (Å²) in [7, 11) is 0. The van der Waals surface area contributed by atoms with Gasteiger partial charge in [0.2, 0.25) is 0 Å². The molecule has 1 saturated heterocycles. The number of rotatable bonds is 8. The van der Waals surface area contributed by atoms with E-state index in [1.54, 1.807) is 0 Å². The van der Waals surface area contributed by atoms with E-state index in [0.717, 1.165) is 44.0 Å². The van der Waals surface area contributed by atoms with Gasteiger partial charge in [-0.2, -0.15) is 0 Å². The normalized spacial score (nSPS) is 16.5. The fourth-order valence-electron chi connectivity index (χ4n) is 3.90. The van der Waals surface area contributed by atoms with Crippen LogP contribution in [0.15, 0.2) is 48.5 Å². The van der Waals surface area contributed by atoms with Crippen molar-refractivity contribution in [2.75, 3.05) is 19.7 Å². The van der Waals surface area contributed by atoms with Crippen LogP contribution in [-0.2, 0) is 23.2 Å². The third kappa shape index (κ3) is 5.09. The van der Waals surface area contributed by atoms with Gasteiger partial charge in [0.1, 0.15) is 0 Å². The Bertz CT molecular complexity index is 680. The van der Waals surface area contributed by atoms with Gasteiger partial charge in [-0.15, -0.1) is 0 Å². The van der Waals surface area contributed by atoms with Crippen molar-refractivity contribution in [1.29, 1.82) is 0 Å². The first-order valence-electron chi connectivity index (χ1n) is 9.84. The Morgan fingerprint density at radius 2 is 1.77 bits per heavy atom. The minimum Gasteiger partial charge on any atom is -0.376 e. The summed E-state index contributed by atoms with van der Waals surface area (Å²) in [6, 6.07) is 17.2. The molecule has 140 valence electrons. The summed E-state index contributed by atoms with van der Waals surface area (Å²) in [5.74, 6) is 0. The molecule has 1 fully saturated rings. The van der Waals surface area contributed by atoms with Crippen molar-refractivity contribution >= 4 is 11.6 Å². The molecular weight excluding hydrogens is 342 g/mol. The van der Waals surface area contributed by atoms with E-state index in [4.69, 9.17) is 16.3 Å². The Labute approximate surface area is 162 Å². The molecule has 0 aliphatic carbocycles. The highest BCUT2D eigenvalue weighted by atomic mass is 35.5. The summed E-state index contributed by atoms with van der Waals surface area (Å²) >= 11 is 6.32. The zero-order valence-electron chi connectivity index (χ0n) is 15.8. The van der Waals surface area contributed by atoms with Gasteiger partial charge in [-0.3, -0.25) is 0 Å². The van der Waals surface area contributed by atoms with E-state index in [9.17, 15) is 0 Å². The van der Waals surface area contributed by atoms with Gasteiger partial charge in [-0.25, -0.2) is 0 Å². The third-order valence-corrected chi connectivity index (χ3v) is 5.65. The Kier molecular flexibility index (Phi) is 7.13. The van der Waals surface area contributed by atoms with Crippen molar-refractivity contribution < 1.29 is 4.74 Å². The number of piperidine rings is 1. The van der Waals surface area contributed by atoms with E-state index in [-0.39, 0.29) is 5.41 Å². The van der Waals surface area contributed by atoms with Gasteiger partial charge in [-0.1, -0.05) is 61.3 Å². The minimum absolute atomic E-state index is 0.121. The van der Waals surface area contributed by atoms with Crippen molar-refractivity contribution in [2.45, 2.75) is 51.0 Å². The van der Waals surface area contributed by atoms with Crippen LogP contribution in [0.25, 0.3) is 0 Å². The van der Waals surface area contributed by atoms with Gasteiger partial charge in [0.15, 0.2) is 0 Å². The molecular formula is C23H30ClNO. The number of hydrogen-bond acceptors (Lipinski definition) is 2. The van der Waals surface area contributed by atoms with Gasteiger partial charge < -0.3 is 10.1 Å². The van der Waals surface area contributed by atoms with Gasteiger partial charge >= 0.3 is 0 Å². The Hall–Kier alpha value is -1.35. The molecule has 1 heterocycles. The van der Waals surface area contributed by atoms with Gasteiger partial charge in [0.25, 0.3) is 0 Å². The van der Waals surface area contributed by atoms with Crippen LogP contribution in [0.3, 0.4) is 0 Å². The van der Waals surface area contributed by atoms with Gasteiger partial charge in [0, 0.05) is 10.4 Å². The topological polar surface area (TPSA) is 21.3 Å². The summed E-state index contributed by atoms with van der Waals surface area (Å²) in [5, 5.41) is 4.30. The maximum atomic E-state index is 6.32. The van der Waals surface area contributed by atoms with Crippen LogP contribution in [-0.4, -0.2) is 19.7 Å². The second kappa shape index (κ2) is 9.55. The lowest BCUT2D eigenvalue weighted by molar-refractivity contribution is 0.0565. The second-order valence-electron chi connectivity index (χ2n) is 7.46. The van der Waals surface area contributed by atoms with Crippen molar-refractivity contribution in [1.82, 2.24) is 5.32 Å². The summed E-state index contributed by atoms with van der Waals surface area (Å²) in [5.41, 5.74) is 4.02. The van der Waals surface area contributed by atoms with Crippen LogP contribution < -0.4 is 5.32 Å². The lowest BCUT2D eigenvalue weighted by Gasteiger charge is -2.38. The molecule has 1 aliphatic rings. The Morgan fingerprint density at radius 3 is 2.50 bits per heavy atom. The lowest BCUT2D eigenvalue weighted by Crippen LogP contribution is -2.43. The highest BCUT2D eigenvalue weighted by Crippen LogP contribution is 2.34. The molecule has 0 amide bonds. The quantitative estimate of drug-likeness (QED) is 0.659. The smallest absolute Gasteiger partial charge is 0.0717 e. The first-order valence-corrected chi connectivity index (χ1v) is 10.2. The van der Waals surface area contributed by atoms with Crippen molar-refractivity contribution in [3.05, 3.63) is 70.2 Å². The molecule has 0 atom stereocenters. The average Bonchev–Trinajstić information content (AvgIpc) is 2.67. The fraction of sp³-hybridized carbons (Fsp3) is 0.478. The van der Waals surface area contributed by atoms with E-state index in [0.29, 0.717) is 6.61 Å². The van der Waals surface area contributed by atoms with Crippen LogP contribution in [0, 0.1) is 0 Å². The lowest BCUT2D eigenvalue weighted by atomic mass is 9.74. The van der Waals surface area contributed by atoms with Crippen molar-refractivity contribution in [2.24, 2.45) is 0 Å². The molecule has 0 saturated carbocycles. The molecule has 3 rings (SSSR count). The highest BCUT2D eigenvalue weighted by molar-refractivity contribution is 6.30. The first-order chi connectivity index (χ1) is 12.7. The number of aryl methyl sites for hydroxylation is 1. The molecule has 0 spiro atoms. The molecule has 1 aliphatic heterocycles. The number of benzene rings is 2. The maximum Gasteiger partial charge on any atom is 0.0717 e. The summed E-state index contributed by atoms with van der Waals surface area (Å²) in [4.78, 5) is 0. The highest BCUT2D eigenvalue weighted by Gasteiger charge is 2.34. The van der Waals surface area contributed by atoms with E-state index >= 15 is 0 Å². The molecule has 26 heavy (non-hydrogen) atoms. The fourth-order valence-corrected chi connectivity index (χ4v) is 4.18. The molecule has 2 aromatic rings.